The van der Waals surface area contributed by atoms with Crippen LogP contribution in [0.5, 0.6) is 5.19 Å². The molecule has 2 aromatic carbocycles. The van der Waals surface area contributed by atoms with Crippen molar-refractivity contribution in [2.24, 2.45) is 17.1 Å². The maximum atomic E-state index is 14.3. The van der Waals surface area contributed by atoms with Gasteiger partial charge in [0.2, 0.25) is 17.7 Å². The Kier molecular flexibility index (Phi) is 8.29. The van der Waals surface area contributed by atoms with Crippen LogP contribution in [0.25, 0.3) is 10.2 Å². The number of anilines is 1. The number of benzene rings is 2. The van der Waals surface area contributed by atoms with E-state index in [4.69, 9.17) is 10.5 Å². The van der Waals surface area contributed by atoms with Crippen LogP contribution in [-0.2, 0) is 20.6 Å². The van der Waals surface area contributed by atoms with Crippen molar-refractivity contribution in [3.05, 3.63) is 54.1 Å². The fourth-order valence-electron chi connectivity index (χ4n) is 5.83. The summed E-state index contributed by atoms with van der Waals surface area (Å²) in [7, 11) is 0. The summed E-state index contributed by atoms with van der Waals surface area (Å²) in [4.78, 5) is 46.3. The predicted octanol–water partition coefficient (Wildman–Crippen LogP) is 4.96. The number of alkyl halides is 3. The number of hydrogen-bond donors (Lipinski definition) is 3. The summed E-state index contributed by atoms with van der Waals surface area (Å²) in [6, 6.07) is 10.2. The number of thiazole rings is 1. The third kappa shape index (κ3) is 6.33. The Bertz CT molecular complexity index is 1540. The van der Waals surface area contributed by atoms with Gasteiger partial charge >= 0.3 is 6.18 Å². The van der Waals surface area contributed by atoms with Gasteiger partial charge in [0, 0.05) is 12.1 Å². The molecule has 1 aliphatic heterocycles. The highest BCUT2D eigenvalue weighted by Crippen LogP contribution is 2.46. The first-order valence-electron chi connectivity index (χ1n) is 14.5. The second-order valence-electron chi connectivity index (χ2n) is 12.6. The number of halogens is 3. The lowest BCUT2D eigenvalue weighted by molar-refractivity contribution is -0.141. The molecule has 4 N–H and O–H groups in total. The molecule has 0 unspecified atom stereocenters. The van der Waals surface area contributed by atoms with Gasteiger partial charge in [-0.25, -0.2) is 4.98 Å². The summed E-state index contributed by atoms with van der Waals surface area (Å²) in [6.45, 7) is 7.30. The Balaban J connectivity index is 1.43. The maximum absolute atomic E-state index is 14.3. The summed E-state index contributed by atoms with van der Waals surface area (Å²) >= 11 is 1.34. The standard InChI is InChI=1S/C31H36F3N5O4S/c1-5-17-15-30(17,27(35)42)38-25(40)22-14-20(43-28-37-21-11-6-7-12-23(21)44-28)16-39(22)26(41)24(29(2,3)4)36-19-10-8-9-18(13-19)31(32,33)34/h6-13,17,20,22,24,36H,5,14-16H2,1-4H3,(H2,35,42)(H,38,40)/t17-,20-,22+,24-,30-/m1/s1. The summed E-state index contributed by atoms with van der Waals surface area (Å²) in [5.41, 5.74) is 3.77. The minimum atomic E-state index is -4.56. The van der Waals surface area contributed by atoms with Crippen molar-refractivity contribution in [1.82, 2.24) is 15.2 Å². The molecule has 3 aromatic rings. The van der Waals surface area contributed by atoms with Gasteiger partial charge < -0.3 is 26.0 Å². The van der Waals surface area contributed by atoms with Gasteiger partial charge in [0.15, 0.2) is 0 Å². The number of amides is 3. The van der Waals surface area contributed by atoms with E-state index in [2.05, 4.69) is 15.6 Å². The van der Waals surface area contributed by atoms with Crippen LogP contribution >= 0.6 is 11.3 Å². The smallest absolute Gasteiger partial charge is 0.416 e. The molecular formula is C31H36F3N5O4S. The first-order valence-corrected chi connectivity index (χ1v) is 15.3. The molecule has 236 valence electrons. The summed E-state index contributed by atoms with van der Waals surface area (Å²) in [5.74, 6) is -1.75. The number of likely N-dealkylation sites (tertiary alicyclic amines) is 1. The zero-order valence-corrected chi connectivity index (χ0v) is 25.7. The molecule has 5 rings (SSSR count). The lowest BCUT2D eigenvalue weighted by Crippen LogP contribution is -2.57. The van der Waals surface area contributed by atoms with Crippen LogP contribution in [0.1, 0.15) is 52.5 Å². The molecule has 1 saturated heterocycles. The van der Waals surface area contributed by atoms with Gasteiger partial charge in [0.1, 0.15) is 23.7 Å². The molecule has 3 amide bonds. The van der Waals surface area contributed by atoms with Crippen LogP contribution in [0.3, 0.4) is 0 Å². The topological polar surface area (TPSA) is 127 Å². The Hall–Kier alpha value is -3.87. The molecule has 44 heavy (non-hydrogen) atoms. The molecule has 9 nitrogen and oxygen atoms in total. The van der Waals surface area contributed by atoms with Gasteiger partial charge in [0.25, 0.3) is 5.19 Å². The van der Waals surface area contributed by atoms with Crippen molar-refractivity contribution in [3.63, 3.8) is 0 Å². The van der Waals surface area contributed by atoms with Crippen LogP contribution in [-0.4, -0.2) is 57.9 Å². The van der Waals surface area contributed by atoms with E-state index in [9.17, 15) is 27.6 Å². The van der Waals surface area contributed by atoms with Crippen LogP contribution in [0.2, 0.25) is 0 Å². The largest absolute Gasteiger partial charge is 0.465 e. The normalized spacial score (nSPS) is 24.2. The first-order chi connectivity index (χ1) is 20.6. The number of primary amides is 1. The molecule has 2 aliphatic rings. The Morgan fingerprint density at radius 1 is 1.16 bits per heavy atom. The Morgan fingerprint density at radius 2 is 1.89 bits per heavy atom. The number of ether oxygens (including phenoxy) is 1. The fraction of sp³-hybridized carbons (Fsp3) is 0.484. The maximum Gasteiger partial charge on any atom is 0.416 e. The molecule has 13 heteroatoms. The van der Waals surface area contributed by atoms with Crippen LogP contribution in [0, 0.1) is 11.3 Å². The molecular weight excluding hydrogens is 595 g/mol. The molecule has 1 aromatic heterocycles. The van der Waals surface area contributed by atoms with Crippen LogP contribution in [0.4, 0.5) is 18.9 Å². The molecule has 0 spiro atoms. The number of fused-ring (bicyclic) bond motifs is 1. The lowest BCUT2D eigenvalue weighted by atomic mass is 9.85. The van der Waals surface area contributed by atoms with Gasteiger partial charge in [0.05, 0.1) is 22.3 Å². The number of hydrogen-bond acceptors (Lipinski definition) is 7. The van der Waals surface area contributed by atoms with Crippen molar-refractivity contribution >= 4 is 45.0 Å². The second-order valence-corrected chi connectivity index (χ2v) is 13.6. The minimum Gasteiger partial charge on any atom is -0.465 e. The first kappa shape index (κ1) is 31.6. The van der Waals surface area contributed by atoms with E-state index in [1.807, 2.05) is 31.2 Å². The second kappa shape index (κ2) is 11.6. The number of nitrogens with one attached hydrogen (secondary N) is 2. The molecule has 0 bridgehead atoms. The van der Waals surface area contributed by atoms with E-state index in [1.165, 1.54) is 28.4 Å². The minimum absolute atomic E-state index is 0.0322. The molecule has 1 aliphatic carbocycles. The van der Waals surface area contributed by atoms with E-state index in [0.29, 0.717) is 18.0 Å². The highest BCUT2D eigenvalue weighted by Gasteiger charge is 2.60. The van der Waals surface area contributed by atoms with Crippen molar-refractivity contribution < 1.29 is 32.3 Å². The van der Waals surface area contributed by atoms with Gasteiger partial charge in [-0.2, -0.15) is 13.2 Å². The number of nitrogens with zero attached hydrogens (tertiary/aromatic N) is 2. The molecule has 1 saturated carbocycles. The van der Waals surface area contributed by atoms with Crippen LogP contribution < -0.4 is 21.1 Å². The predicted molar refractivity (Wildman–Crippen MR) is 161 cm³/mol. The molecule has 2 fully saturated rings. The fourth-order valence-corrected chi connectivity index (χ4v) is 6.71. The van der Waals surface area contributed by atoms with Gasteiger partial charge in [-0.3, -0.25) is 14.4 Å². The van der Waals surface area contributed by atoms with Crippen LogP contribution in [0.15, 0.2) is 48.5 Å². The van der Waals surface area contributed by atoms with Crippen molar-refractivity contribution in [3.8, 4) is 5.19 Å². The van der Waals surface area contributed by atoms with Crippen molar-refractivity contribution in [2.75, 3.05) is 11.9 Å². The van der Waals surface area contributed by atoms with E-state index in [0.717, 1.165) is 22.3 Å². The molecule has 5 atom stereocenters. The quantitative estimate of drug-likeness (QED) is 0.307. The van der Waals surface area contributed by atoms with E-state index < -0.39 is 58.6 Å². The molecule has 2 heterocycles. The van der Waals surface area contributed by atoms with Crippen molar-refractivity contribution in [2.45, 2.75) is 76.9 Å². The number of nitrogens with two attached hydrogens (primary N) is 1. The number of aromatic nitrogens is 1. The van der Waals surface area contributed by atoms with Gasteiger partial charge in [-0.1, -0.05) is 63.7 Å². The van der Waals surface area contributed by atoms with E-state index >= 15 is 0 Å². The number of carbonyl (C=O) groups is 3. The zero-order chi connectivity index (χ0) is 32.0. The van der Waals surface area contributed by atoms with E-state index in [1.54, 1.807) is 20.8 Å². The summed E-state index contributed by atoms with van der Waals surface area (Å²) in [6.07, 6.45) is -3.97. The average molecular weight is 632 g/mol. The van der Waals surface area contributed by atoms with Gasteiger partial charge in [-0.15, -0.1) is 0 Å². The van der Waals surface area contributed by atoms with E-state index in [-0.39, 0.29) is 24.6 Å². The lowest BCUT2D eigenvalue weighted by Gasteiger charge is -2.36. The monoisotopic (exact) mass is 631 g/mol. The Labute approximate surface area is 257 Å². The van der Waals surface area contributed by atoms with Crippen molar-refractivity contribution in [1.29, 1.82) is 0 Å². The SMILES string of the molecule is CC[C@@H]1C[C@]1(NC(=O)[C@@H]1C[C@@H](Oc2nc3ccccc3s2)CN1C(=O)[C@@H](Nc1cccc(C(F)(F)F)c1)C(C)(C)C)C(N)=O. The molecule has 0 radical (unpaired) electrons. The summed E-state index contributed by atoms with van der Waals surface area (Å²) in [5, 5.41) is 6.22. The zero-order valence-electron chi connectivity index (χ0n) is 24.9. The third-order valence-corrected chi connectivity index (χ3v) is 9.32. The highest BCUT2D eigenvalue weighted by molar-refractivity contribution is 7.20. The number of carbonyl (C=O) groups excluding carboxylic acids is 3. The summed E-state index contributed by atoms with van der Waals surface area (Å²) < 4.78 is 47.4. The number of rotatable bonds is 9. The number of para-hydroxylation sites is 1. The average Bonchev–Trinajstić information content (AvgIpc) is 3.28. The third-order valence-electron chi connectivity index (χ3n) is 8.39. The Morgan fingerprint density at radius 3 is 2.50 bits per heavy atom. The highest BCUT2D eigenvalue weighted by atomic mass is 32.1. The van der Waals surface area contributed by atoms with Gasteiger partial charge in [-0.05, 0) is 48.1 Å².